The number of methoxy groups -OCH3 is 1. The molecule has 1 aliphatic heterocycles. The summed E-state index contributed by atoms with van der Waals surface area (Å²) < 4.78 is 10.1. The maximum atomic E-state index is 12.2. The fraction of sp³-hybridized carbons (Fsp3) is 0.353. The third-order valence-corrected chi connectivity index (χ3v) is 4.43. The Balaban J connectivity index is 1.96. The molecule has 0 spiro atoms. The molecule has 0 atom stereocenters. The number of carbonyl (C=O) groups excluding carboxylic acids is 3. The number of benzene rings is 1. The summed E-state index contributed by atoms with van der Waals surface area (Å²) in [5.41, 5.74) is 0.836. The van der Waals surface area contributed by atoms with E-state index < -0.39 is 5.97 Å². The molecule has 1 fully saturated rings. The number of esters is 1. The van der Waals surface area contributed by atoms with E-state index in [0.29, 0.717) is 10.8 Å². The van der Waals surface area contributed by atoms with E-state index in [1.54, 1.807) is 14.0 Å². The molecule has 0 aliphatic carbocycles. The Hall–Kier alpha value is -2.48. The number of thioether (sulfide) groups is 1. The number of hydrogen-bond acceptors (Lipinski definition) is 6. The summed E-state index contributed by atoms with van der Waals surface area (Å²) in [6.45, 7) is 2.09. The third kappa shape index (κ3) is 5.25. The normalized spacial score (nSPS) is 15.4. The second kappa shape index (κ2) is 9.12. The van der Waals surface area contributed by atoms with Gasteiger partial charge in [0.25, 0.3) is 0 Å². The molecular weight excluding hydrogens is 344 g/mol. The van der Waals surface area contributed by atoms with Crippen molar-refractivity contribution < 1.29 is 23.9 Å². The minimum Gasteiger partial charge on any atom is -0.496 e. The lowest BCUT2D eigenvalue weighted by Gasteiger charge is -2.17. The van der Waals surface area contributed by atoms with Crippen LogP contribution in [-0.2, 0) is 25.7 Å². The standard InChI is InChI=1S/C17H20N2O5S/c1-3-24-17(22)8-16-19(15(21)11-25-16)10-14(20)18-9-12-6-4-5-7-13(12)23-2/h4-8H,3,9-11H2,1-2H3,(H,18,20)/b16-8+. The molecule has 25 heavy (non-hydrogen) atoms. The Labute approximate surface area is 150 Å². The minimum atomic E-state index is -0.529. The summed E-state index contributed by atoms with van der Waals surface area (Å²) in [6.07, 6.45) is 1.24. The van der Waals surface area contributed by atoms with E-state index in [4.69, 9.17) is 9.47 Å². The molecule has 1 aromatic rings. The average Bonchev–Trinajstić information content (AvgIpc) is 2.93. The highest BCUT2D eigenvalue weighted by Gasteiger charge is 2.29. The van der Waals surface area contributed by atoms with Crippen LogP contribution in [0.15, 0.2) is 35.4 Å². The van der Waals surface area contributed by atoms with E-state index in [1.807, 2.05) is 24.3 Å². The van der Waals surface area contributed by atoms with E-state index in [1.165, 1.54) is 22.7 Å². The van der Waals surface area contributed by atoms with Crippen LogP contribution in [0.4, 0.5) is 0 Å². The lowest BCUT2D eigenvalue weighted by Crippen LogP contribution is -2.37. The van der Waals surface area contributed by atoms with Gasteiger partial charge >= 0.3 is 5.97 Å². The first-order chi connectivity index (χ1) is 12.0. The maximum absolute atomic E-state index is 12.2. The molecule has 0 radical (unpaired) electrons. The van der Waals surface area contributed by atoms with Crippen molar-refractivity contribution in [2.24, 2.45) is 0 Å². The second-order valence-corrected chi connectivity index (χ2v) is 6.09. The van der Waals surface area contributed by atoms with Gasteiger partial charge in [-0.15, -0.1) is 0 Å². The van der Waals surface area contributed by atoms with Gasteiger partial charge in [-0.1, -0.05) is 30.0 Å². The Kier molecular flexibility index (Phi) is 6.88. The van der Waals surface area contributed by atoms with E-state index in [9.17, 15) is 14.4 Å². The van der Waals surface area contributed by atoms with Crippen molar-refractivity contribution >= 4 is 29.5 Å². The zero-order chi connectivity index (χ0) is 18.2. The van der Waals surface area contributed by atoms with E-state index in [0.717, 1.165) is 5.56 Å². The number of nitrogens with zero attached hydrogens (tertiary/aromatic N) is 1. The summed E-state index contributed by atoms with van der Waals surface area (Å²) >= 11 is 1.21. The smallest absolute Gasteiger partial charge is 0.333 e. The van der Waals surface area contributed by atoms with Crippen LogP contribution >= 0.6 is 11.8 Å². The van der Waals surface area contributed by atoms with Crippen LogP contribution in [0.3, 0.4) is 0 Å². The number of carbonyl (C=O) groups is 3. The van der Waals surface area contributed by atoms with Crippen LogP contribution in [0, 0.1) is 0 Å². The van der Waals surface area contributed by atoms with Crippen LogP contribution in [0.5, 0.6) is 5.75 Å². The van der Waals surface area contributed by atoms with Crippen molar-refractivity contribution in [3.8, 4) is 5.75 Å². The Bertz CT molecular complexity index is 689. The molecule has 2 amide bonds. The highest BCUT2D eigenvalue weighted by Crippen LogP contribution is 2.28. The first-order valence-corrected chi connectivity index (χ1v) is 8.74. The zero-order valence-corrected chi connectivity index (χ0v) is 14.9. The van der Waals surface area contributed by atoms with Gasteiger partial charge in [0.2, 0.25) is 11.8 Å². The van der Waals surface area contributed by atoms with Gasteiger partial charge in [0.1, 0.15) is 12.3 Å². The van der Waals surface area contributed by atoms with Crippen LogP contribution in [0.25, 0.3) is 0 Å². The Morgan fingerprint density at radius 3 is 2.84 bits per heavy atom. The Morgan fingerprint density at radius 1 is 1.36 bits per heavy atom. The molecule has 0 bridgehead atoms. The van der Waals surface area contributed by atoms with Crippen LogP contribution in [0.2, 0.25) is 0 Å². The fourth-order valence-corrected chi connectivity index (χ4v) is 3.16. The number of rotatable bonds is 7. The van der Waals surface area contributed by atoms with Gasteiger partial charge in [-0.3, -0.25) is 14.5 Å². The summed E-state index contributed by atoms with van der Waals surface area (Å²) in [5.74, 6) is -0.187. The molecule has 0 saturated carbocycles. The first-order valence-electron chi connectivity index (χ1n) is 7.75. The van der Waals surface area contributed by atoms with Crippen LogP contribution in [0.1, 0.15) is 12.5 Å². The predicted molar refractivity (Wildman–Crippen MR) is 93.7 cm³/mol. The van der Waals surface area contributed by atoms with Crippen molar-refractivity contribution in [3.63, 3.8) is 0 Å². The summed E-state index contributed by atoms with van der Waals surface area (Å²) in [6, 6.07) is 7.35. The molecular formula is C17H20N2O5S. The van der Waals surface area contributed by atoms with Crippen molar-refractivity contribution in [3.05, 3.63) is 40.9 Å². The van der Waals surface area contributed by atoms with E-state index >= 15 is 0 Å². The predicted octanol–water partition coefficient (Wildman–Crippen LogP) is 1.29. The summed E-state index contributed by atoms with van der Waals surface area (Å²) in [4.78, 5) is 37.0. The van der Waals surface area contributed by atoms with Gasteiger partial charge in [0.15, 0.2) is 0 Å². The molecule has 1 aromatic carbocycles. The molecule has 1 aliphatic rings. The van der Waals surface area contributed by atoms with E-state index in [2.05, 4.69) is 5.32 Å². The fourth-order valence-electron chi connectivity index (χ4n) is 2.23. The van der Waals surface area contributed by atoms with Gasteiger partial charge in [0, 0.05) is 12.1 Å². The van der Waals surface area contributed by atoms with E-state index in [-0.39, 0.29) is 37.3 Å². The zero-order valence-electron chi connectivity index (χ0n) is 14.1. The average molecular weight is 364 g/mol. The number of hydrogen-bond donors (Lipinski definition) is 1. The molecule has 1 saturated heterocycles. The molecule has 8 heteroatoms. The quantitative estimate of drug-likeness (QED) is 0.580. The van der Waals surface area contributed by atoms with Crippen molar-refractivity contribution in [2.75, 3.05) is 26.0 Å². The van der Waals surface area contributed by atoms with Gasteiger partial charge < -0.3 is 14.8 Å². The molecule has 134 valence electrons. The summed E-state index contributed by atoms with van der Waals surface area (Å²) in [5, 5.41) is 3.18. The summed E-state index contributed by atoms with van der Waals surface area (Å²) in [7, 11) is 1.56. The van der Waals surface area contributed by atoms with Crippen LogP contribution < -0.4 is 10.1 Å². The molecule has 0 unspecified atom stereocenters. The minimum absolute atomic E-state index is 0.147. The van der Waals surface area contributed by atoms with Crippen molar-refractivity contribution in [1.29, 1.82) is 0 Å². The lowest BCUT2D eigenvalue weighted by atomic mass is 10.2. The number of amides is 2. The molecule has 7 nitrogen and oxygen atoms in total. The third-order valence-electron chi connectivity index (χ3n) is 3.41. The van der Waals surface area contributed by atoms with Gasteiger partial charge in [-0.2, -0.15) is 0 Å². The lowest BCUT2D eigenvalue weighted by molar-refractivity contribution is -0.137. The molecule has 1 N–H and O–H groups in total. The van der Waals surface area contributed by atoms with Crippen LogP contribution in [-0.4, -0.2) is 48.7 Å². The molecule has 1 heterocycles. The Morgan fingerprint density at radius 2 is 2.12 bits per heavy atom. The number of nitrogens with one attached hydrogen (secondary N) is 1. The first kappa shape index (κ1) is 18.9. The number of ether oxygens (including phenoxy) is 2. The highest BCUT2D eigenvalue weighted by atomic mass is 32.2. The monoisotopic (exact) mass is 364 g/mol. The highest BCUT2D eigenvalue weighted by molar-refractivity contribution is 8.04. The van der Waals surface area contributed by atoms with Gasteiger partial charge in [0.05, 0.1) is 30.6 Å². The number of para-hydroxylation sites is 1. The molecule has 0 aromatic heterocycles. The second-order valence-electron chi connectivity index (χ2n) is 5.09. The van der Waals surface area contributed by atoms with Crippen molar-refractivity contribution in [2.45, 2.75) is 13.5 Å². The van der Waals surface area contributed by atoms with Gasteiger partial charge in [-0.05, 0) is 13.0 Å². The maximum Gasteiger partial charge on any atom is 0.333 e. The molecule has 2 rings (SSSR count). The van der Waals surface area contributed by atoms with Gasteiger partial charge in [-0.25, -0.2) is 4.79 Å². The SMILES string of the molecule is CCOC(=O)/C=C1/SCC(=O)N1CC(=O)NCc1ccccc1OC. The van der Waals surface area contributed by atoms with Crippen molar-refractivity contribution in [1.82, 2.24) is 10.2 Å². The largest absolute Gasteiger partial charge is 0.496 e. The topological polar surface area (TPSA) is 84.9 Å².